The molecule has 27 heavy (non-hydrogen) atoms. The van der Waals surface area contributed by atoms with Crippen LogP contribution in [0.3, 0.4) is 0 Å². The maximum Gasteiger partial charge on any atom is 0.257 e. The first-order chi connectivity index (χ1) is 13.0. The van der Waals surface area contributed by atoms with Gasteiger partial charge in [0.15, 0.2) is 10.9 Å². The van der Waals surface area contributed by atoms with Gasteiger partial charge in [0.1, 0.15) is 12.4 Å². The second kappa shape index (κ2) is 10.4. The van der Waals surface area contributed by atoms with Crippen LogP contribution in [0.5, 0.6) is 5.75 Å². The summed E-state index contributed by atoms with van der Waals surface area (Å²) in [5.41, 5.74) is 1.61. The Morgan fingerprint density at radius 3 is 2.52 bits per heavy atom. The van der Waals surface area contributed by atoms with E-state index in [1.54, 1.807) is 48.5 Å². The largest absolute Gasteiger partial charge is 0.491 e. The van der Waals surface area contributed by atoms with Crippen molar-refractivity contribution in [1.29, 1.82) is 0 Å². The first kappa shape index (κ1) is 20.5. The molecule has 0 bridgehead atoms. The third-order valence-corrected chi connectivity index (χ3v) is 3.75. The van der Waals surface area contributed by atoms with Crippen molar-refractivity contribution < 1.29 is 19.1 Å². The summed E-state index contributed by atoms with van der Waals surface area (Å²) in [6, 6.07) is 13.7. The van der Waals surface area contributed by atoms with Crippen molar-refractivity contribution in [2.75, 3.05) is 25.1 Å². The highest BCUT2D eigenvalue weighted by molar-refractivity contribution is 7.80. The minimum Gasteiger partial charge on any atom is -0.491 e. The monoisotopic (exact) mass is 386 g/mol. The molecule has 0 aliphatic heterocycles. The Balaban J connectivity index is 1.93. The van der Waals surface area contributed by atoms with Gasteiger partial charge in [-0.3, -0.25) is 14.9 Å². The van der Waals surface area contributed by atoms with Crippen molar-refractivity contribution in [3.8, 4) is 5.75 Å². The van der Waals surface area contributed by atoms with Crippen LogP contribution in [0.15, 0.2) is 48.5 Å². The normalized spacial score (nSPS) is 10.1. The van der Waals surface area contributed by atoms with Crippen molar-refractivity contribution in [1.82, 2.24) is 5.32 Å². The number of thiocarbonyl (C=S) groups is 1. The molecule has 7 heteroatoms. The zero-order valence-electron chi connectivity index (χ0n) is 15.3. The smallest absolute Gasteiger partial charge is 0.257 e. The summed E-state index contributed by atoms with van der Waals surface area (Å²) < 4.78 is 10.8. The van der Waals surface area contributed by atoms with Crippen LogP contribution < -0.4 is 15.4 Å². The molecule has 1 amide bonds. The number of benzene rings is 2. The average Bonchev–Trinajstić information content (AvgIpc) is 2.65. The van der Waals surface area contributed by atoms with Crippen LogP contribution in [0.2, 0.25) is 0 Å². The van der Waals surface area contributed by atoms with Gasteiger partial charge in [-0.05, 0) is 56.4 Å². The maximum atomic E-state index is 12.4. The number of carbonyl (C=O) groups excluding carboxylic acids is 2. The number of carbonyl (C=O) groups is 2. The molecule has 0 saturated carbocycles. The van der Waals surface area contributed by atoms with Crippen LogP contribution in [0.1, 0.15) is 34.6 Å². The lowest BCUT2D eigenvalue weighted by molar-refractivity contribution is 0.0974. The molecule has 0 spiro atoms. The fraction of sp³-hybridized carbons (Fsp3) is 0.250. The number of hydrogen-bond donors (Lipinski definition) is 2. The highest BCUT2D eigenvalue weighted by atomic mass is 32.1. The van der Waals surface area contributed by atoms with Crippen LogP contribution in [0, 0.1) is 0 Å². The third kappa shape index (κ3) is 6.80. The van der Waals surface area contributed by atoms with E-state index < -0.39 is 0 Å². The lowest BCUT2D eigenvalue weighted by Crippen LogP contribution is -2.34. The van der Waals surface area contributed by atoms with E-state index in [1.807, 2.05) is 6.92 Å². The first-order valence-corrected chi connectivity index (χ1v) is 8.94. The van der Waals surface area contributed by atoms with Crippen molar-refractivity contribution in [2.24, 2.45) is 0 Å². The lowest BCUT2D eigenvalue weighted by atomic mass is 10.1. The fourth-order valence-electron chi connectivity index (χ4n) is 2.24. The lowest BCUT2D eigenvalue weighted by Gasteiger charge is -2.11. The molecular formula is C20H22N2O4S. The Hall–Kier alpha value is -2.77. The summed E-state index contributed by atoms with van der Waals surface area (Å²) >= 11 is 5.18. The molecule has 2 rings (SSSR count). The second-order valence-corrected chi connectivity index (χ2v) is 6.03. The number of nitrogens with one attached hydrogen (secondary N) is 2. The van der Waals surface area contributed by atoms with Gasteiger partial charge in [-0.15, -0.1) is 0 Å². The average molecular weight is 386 g/mol. The van der Waals surface area contributed by atoms with Crippen molar-refractivity contribution in [3.63, 3.8) is 0 Å². The standard InChI is InChI=1S/C20H22N2O4S/c1-3-25-10-11-26-18-9-5-7-16(13-18)19(24)22-20(27)21-17-8-4-6-15(12-17)14(2)23/h4-9,12-13H,3,10-11H2,1-2H3,(H2,21,22,24,27). The molecule has 0 atom stereocenters. The topological polar surface area (TPSA) is 76.7 Å². The SMILES string of the molecule is CCOCCOc1cccc(C(=O)NC(=S)Nc2cccc(C(C)=O)c2)c1. The Kier molecular flexibility index (Phi) is 7.91. The van der Waals surface area contributed by atoms with Crippen molar-refractivity contribution >= 4 is 34.7 Å². The van der Waals surface area contributed by atoms with E-state index in [2.05, 4.69) is 10.6 Å². The second-order valence-electron chi connectivity index (χ2n) is 5.62. The molecule has 0 heterocycles. The molecule has 142 valence electrons. The van der Waals surface area contributed by atoms with E-state index in [-0.39, 0.29) is 16.8 Å². The molecule has 0 aliphatic carbocycles. The van der Waals surface area contributed by atoms with Crippen LogP contribution in [0.4, 0.5) is 5.69 Å². The molecule has 2 aromatic rings. The Morgan fingerprint density at radius 1 is 1.04 bits per heavy atom. The van der Waals surface area contributed by atoms with Crippen molar-refractivity contribution in [3.05, 3.63) is 59.7 Å². The van der Waals surface area contributed by atoms with Crippen LogP contribution in [-0.4, -0.2) is 36.6 Å². The molecule has 2 aromatic carbocycles. The van der Waals surface area contributed by atoms with Crippen LogP contribution >= 0.6 is 12.2 Å². The summed E-state index contributed by atoms with van der Waals surface area (Å²) in [5, 5.41) is 5.66. The molecule has 0 aliphatic rings. The van der Waals surface area contributed by atoms with Gasteiger partial charge in [-0.25, -0.2) is 0 Å². The van der Waals surface area contributed by atoms with E-state index in [1.165, 1.54) is 6.92 Å². The number of amides is 1. The maximum absolute atomic E-state index is 12.4. The molecule has 0 unspecified atom stereocenters. The molecule has 0 aromatic heterocycles. The minimum atomic E-state index is -0.356. The van der Waals surface area contributed by atoms with Gasteiger partial charge in [-0.2, -0.15) is 0 Å². The van der Waals surface area contributed by atoms with Crippen molar-refractivity contribution in [2.45, 2.75) is 13.8 Å². The molecule has 2 N–H and O–H groups in total. The molecule has 6 nitrogen and oxygen atoms in total. The summed E-state index contributed by atoms with van der Waals surface area (Å²) in [5.74, 6) is 0.177. The highest BCUT2D eigenvalue weighted by Crippen LogP contribution is 2.14. The highest BCUT2D eigenvalue weighted by Gasteiger charge is 2.10. The molecule has 0 radical (unpaired) electrons. The number of ketones is 1. The van der Waals surface area contributed by atoms with E-state index in [9.17, 15) is 9.59 Å². The summed E-state index contributed by atoms with van der Waals surface area (Å²) in [6.45, 7) is 4.93. The summed E-state index contributed by atoms with van der Waals surface area (Å²) in [4.78, 5) is 23.8. The zero-order valence-corrected chi connectivity index (χ0v) is 16.1. The van der Waals surface area contributed by atoms with Gasteiger partial charge in [0.05, 0.1) is 6.61 Å². The van der Waals surface area contributed by atoms with Crippen LogP contribution in [-0.2, 0) is 4.74 Å². The molecule has 0 fully saturated rings. The van der Waals surface area contributed by atoms with E-state index in [0.29, 0.717) is 42.4 Å². The van der Waals surface area contributed by atoms with Gasteiger partial charge in [0.25, 0.3) is 5.91 Å². The third-order valence-electron chi connectivity index (χ3n) is 3.55. The minimum absolute atomic E-state index is 0.0465. The zero-order chi connectivity index (χ0) is 19.6. The predicted octanol–water partition coefficient (Wildman–Crippen LogP) is 3.43. The summed E-state index contributed by atoms with van der Waals surface area (Å²) in [6.07, 6.45) is 0. The number of rotatable bonds is 8. The Labute approximate surface area is 163 Å². The fourth-order valence-corrected chi connectivity index (χ4v) is 2.45. The molecular weight excluding hydrogens is 364 g/mol. The predicted molar refractivity (Wildman–Crippen MR) is 109 cm³/mol. The number of ether oxygens (including phenoxy) is 2. The Bertz CT molecular complexity index is 823. The van der Waals surface area contributed by atoms with Gasteiger partial charge >= 0.3 is 0 Å². The van der Waals surface area contributed by atoms with Gasteiger partial charge in [-0.1, -0.05) is 18.2 Å². The number of Topliss-reactive ketones (excluding diaryl/α,β-unsaturated/α-hetero) is 1. The van der Waals surface area contributed by atoms with Gasteiger partial charge in [0.2, 0.25) is 0 Å². The number of hydrogen-bond acceptors (Lipinski definition) is 5. The van der Waals surface area contributed by atoms with E-state index in [4.69, 9.17) is 21.7 Å². The summed E-state index contributed by atoms with van der Waals surface area (Å²) in [7, 11) is 0. The van der Waals surface area contributed by atoms with E-state index >= 15 is 0 Å². The quantitative estimate of drug-likeness (QED) is 0.411. The van der Waals surface area contributed by atoms with Crippen LogP contribution in [0.25, 0.3) is 0 Å². The number of anilines is 1. The first-order valence-electron chi connectivity index (χ1n) is 8.53. The molecule has 0 saturated heterocycles. The van der Waals surface area contributed by atoms with E-state index in [0.717, 1.165) is 0 Å². The van der Waals surface area contributed by atoms with Gasteiger partial charge < -0.3 is 14.8 Å². The van der Waals surface area contributed by atoms with Gasteiger partial charge in [0, 0.05) is 23.4 Å². The Morgan fingerprint density at radius 2 is 1.78 bits per heavy atom.